The number of carbonyl (C=O) groups is 1. The van der Waals surface area contributed by atoms with Gasteiger partial charge in [0, 0.05) is 29.9 Å². The molecule has 0 aliphatic rings. The van der Waals surface area contributed by atoms with E-state index in [1.807, 2.05) is 19.9 Å². The summed E-state index contributed by atoms with van der Waals surface area (Å²) in [5.74, 6) is 0.0693. The summed E-state index contributed by atoms with van der Waals surface area (Å²) < 4.78 is 4.32. The van der Waals surface area contributed by atoms with Crippen molar-refractivity contribution in [1.29, 1.82) is 0 Å². The molecule has 1 unspecified atom stereocenters. The first kappa shape index (κ1) is 24.2. The molecule has 0 saturated carbocycles. The van der Waals surface area contributed by atoms with E-state index in [0.29, 0.717) is 17.5 Å². The molecule has 11 nitrogen and oxygen atoms in total. The molecule has 1 aromatic carbocycles. The van der Waals surface area contributed by atoms with Crippen LogP contribution in [0, 0.1) is 5.92 Å². The number of fused-ring (bicyclic) bond motifs is 1. The van der Waals surface area contributed by atoms with Gasteiger partial charge in [-0.05, 0) is 30.5 Å². The fourth-order valence-corrected chi connectivity index (χ4v) is 3.93. The second kappa shape index (κ2) is 10.1. The number of hydrogen-bond acceptors (Lipinski definition) is 7. The van der Waals surface area contributed by atoms with Gasteiger partial charge in [-0.3, -0.25) is 14.3 Å². The zero-order valence-corrected chi connectivity index (χ0v) is 19.4. The minimum absolute atomic E-state index is 0.0795. The Balaban J connectivity index is 1.60. The molecule has 0 bridgehead atoms. The van der Waals surface area contributed by atoms with E-state index in [9.17, 15) is 19.8 Å². The van der Waals surface area contributed by atoms with Crippen molar-refractivity contribution >= 4 is 22.6 Å². The van der Waals surface area contributed by atoms with E-state index in [-0.39, 0.29) is 24.0 Å². The molecule has 2 atom stereocenters. The third-order valence-corrected chi connectivity index (χ3v) is 5.59. The number of aromatic hydroxyl groups is 1. The van der Waals surface area contributed by atoms with Gasteiger partial charge in [0.2, 0.25) is 0 Å². The number of carbonyl (C=O) groups excluding carboxylic acids is 1. The molecule has 0 fully saturated rings. The summed E-state index contributed by atoms with van der Waals surface area (Å²) in [6, 6.07) is 9.00. The number of nitrogens with zero attached hydrogens (tertiary/aromatic N) is 5. The summed E-state index contributed by atoms with van der Waals surface area (Å²) >= 11 is 0. The van der Waals surface area contributed by atoms with Crippen molar-refractivity contribution in [2.45, 2.75) is 39.0 Å². The molecule has 0 spiro atoms. The first-order chi connectivity index (χ1) is 16.8. The number of rotatable bonds is 9. The van der Waals surface area contributed by atoms with Gasteiger partial charge in [-0.1, -0.05) is 19.9 Å². The molecular formula is C24H28N6O5. The van der Waals surface area contributed by atoms with Crippen LogP contribution in [-0.4, -0.2) is 58.1 Å². The summed E-state index contributed by atoms with van der Waals surface area (Å²) in [6.07, 6.45) is 4.24. The lowest BCUT2D eigenvalue weighted by Gasteiger charge is -2.20. The molecule has 4 rings (SSSR count). The number of nitrogens with one attached hydrogen (secondary N) is 1. The smallest absolute Gasteiger partial charge is 0.269 e. The molecule has 35 heavy (non-hydrogen) atoms. The third-order valence-electron chi connectivity index (χ3n) is 5.59. The highest BCUT2D eigenvalue weighted by molar-refractivity contribution is 5.92. The Kier molecular flexibility index (Phi) is 6.99. The number of phenols is 1. The van der Waals surface area contributed by atoms with Gasteiger partial charge in [0.25, 0.3) is 11.5 Å². The fourth-order valence-electron chi connectivity index (χ4n) is 3.93. The minimum Gasteiger partial charge on any atom is -0.507 e. The van der Waals surface area contributed by atoms with Gasteiger partial charge < -0.3 is 25.2 Å². The minimum atomic E-state index is -0.963. The molecule has 1 amide bonds. The molecule has 0 radical (unpaired) electrons. The van der Waals surface area contributed by atoms with Gasteiger partial charge in [-0.25, -0.2) is 4.68 Å². The van der Waals surface area contributed by atoms with Gasteiger partial charge >= 0.3 is 0 Å². The van der Waals surface area contributed by atoms with Crippen LogP contribution in [-0.2, 0) is 11.3 Å². The van der Waals surface area contributed by atoms with E-state index in [4.69, 9.17) is 5.11 Å². The predicted octanol–water partition coefficient (Wildman–Crippen LogP) is 1.67. The largest absolute Gasteiger partial charge is 0.507 e. The van der Waals surface area contributed by atoms with Crippen LogP contribution in [0.25, 0.3) is 16.6 Å². The monoisotopic (exact) mass is 480 g/mol. The SMILES string of the molecule is CC(C)CC(C(=O)Nc1ccn(C[C@@H](O)CO)n1)n1ncc(-n2ccc3c(O)cccc32)cc1=O. The Hall–Kier alpha value is -3.96. The molecule has 4 aromatic rings. The highest BCUT2D eigenvalue weighted by Crippen LogP contribution is 2.27. The molecule has 11 heteroatoms. The Morgan fingerprint density at radius 2 is 1.97 bits per heavy atom. The highest BCUT2D eigenvalue weighted by Gasteiger charge is 2.25. The van der Waals surface area contributed by atoms with Crippen LogP contribution < -0.4 is 10.9 Å². The summed E-state index contributed by atoms with van der Waals surface area (Å²) in [4.78, 5) is 26.2. The van der Waals surface area contributed by atoms with E-state index >= 15 is 0 Å². The Bertz CT molecular complexity index is 1390. The van der Waals surface area contributed by atoms with E-state index in [1.165, 1.54) is 16.9 Å². The van der Waals surface area contributed by atoms with Gasteiger partial charge in [-0.15, -0.1) is 0 Å². The Morgan fingerprint density at radius 1 is 1.17 bits per heavy atom. The quantitative estimate of drug-likeness (QED) is 0.285. The van der Waals surface area contributed by atoms with Crippen molar-refractivity contribution < 1.29 is 20.1 Å². The van der Waals surface area contributed by atoms with Crippen molar-refractivity contribution in [1.82, 2.24) is 24.1 Å². The number of aliphatic hydroxyl groups is 2. The topological polar surface area (TPSA) is 147 Å². The molecular weight excluding hydrogens is 452 g/mol. The molecule has 184 valence electrons. The molecule has 0 aliphatic heterocycles. The average Bonchev–Trinajstić information content (AvgIpc) is 3.45. The van der Waals surface area contributed by atoms with E-state index in [0.717, 1.165) is 10.2 Å². The first-order valence-electron chi connectivity index (χ1n) is 11.3. The number of aromatic nitrogens is 5. The van der Waals surface area contributed by atoms with Crippen LogP contribution >= 0.6 is 0 Å². The van der Waals surface area contributed by atoms with Crippen LogP contribution in [0.2, 0.25) is 0 Å². The van der Waals surface area contributed by atoms with E-state index < -0.39 is 30.2 Å². The van der Waals surface area contributed by atoms with Gasteiger partial charge in [0.05, 0.1) is 36.7 Å². The number of aliphatic hydroxyl groups excluding tert-OH is 2. The van der Waals surface area contributed by atoms with Crippen LogP contribution in [0.3, 0.4) is 0 Å². The van der Waals surface area contributed by atoms with Crippen LogP contribution in [0.15, 0.2) is 59.8 Å². The highest BCUT2D eigenvalue weighted by atomic mass is 16.3. The number of benzene rings is 1. The average molecular weight is 481 g/mol. The lowest BCUT2D eigenvalue weighted by molar-refractivity contribution is -0.120. The van der Waals surface area contributed by atoms with Crippen LogP contribution in [0.4, 0.5) is 5.82 Å². The Morgan fingerprint density at radius 3 is 2.69 bits per heavy atom. The van der Waals surface area contributed by atoms with Gasteiger partial charge in [0.1, 0.15) is 11.8 Å². The lowest BCUT2D eigenvalue weighted by atomic mass is 10.0. The summed E-state index contributed by atoms with van der Waals surface area (Å²) in [7, 11) is 0. The second-order valence-electron chi connectivity index (χ2n) is 8.79. The Labute approximate surface area is 200 Å². The standard InChI is InChI=1S/C24H28N6O5/c1-15(2)10-20(24(35)26-22-7-8-28(27-22)13-17(32)14-31)30-23(34)11-16(12-25-30)29-9-6-18-19(29)4-3-5-21(18)33/h3-9,11-12,15,17,20,31-33H,10,13-14H2,1-2H3,(H,26,27,35)/t17-,20?/m1/s1. The van der Waals surface area contributed by atoms with Crippen LogP contribution in [0.1, 0.15) is 26.3 Å². The summed E-state index contributed by atoms with van der Waals surface area (Å²) in [6.45, 7) is 3.57. The predicted molar refractivity (Wildman–Crippen MR) is 129 cm³/mol. The maximum atomic E-state index is 13.1. The number of hydrogen-bond donors (Lipinski definition) is 4. The number of phenolic OH excluding ortho intramolecular Hbond substituents is 1. The van der Waals surface area contributed by atoms with Gasteiger partial charge in [-0.2, -0.15) is 10.2 Å². The van der Waals surface area contributed by atoms with Crippen molar-refractivity contribution in [3.8, 4) is 11.4 Å². The second-order valence-corrected chi connectivity index (χ2v) is 8.79. The molecule has 0 aliphatic carbocycles. The van der Waals surface area contributed by atoms with Crippen molar-refractivity contribution in [2.75, 3.05) is 11.9 Å². The zero-order chi connectivity index (χ0) is 25.1. The first-order valence-corrected chi connectivity index (χ1v) is 11.3. The summed E-state index contributed by atoms with van der Waals surface area (Å²) in [5.41, 5.74) is 0.793. The third kappa shape index (κ3) is 5.26. The zero-order valence-electron chi connectivity index (χ0n) is 19.4. The van der Waals surface area contributed by atoms with E-state index in [2.05, 4.69) is 15.5 Å². The lowest BCUT2D eigenvalue weighted by Crippen LogP contribution is -2.36. The van der Waals surface area contributed by atoms with Crippen molar-refractivity contribution in [3.05, 3.63) is 65.3 Å². The van der Waals surface area contributed by atoms with Crippen molar-refractivity contribution in [3.63, 3.8) is 0 Å². The number of amides is 1. The fraction of sp³-hybridized carbons (Fsp3) is 0.333. The van der Waals surface area contributed by atoms with E-state index in [1.54, 1.807) is 41.2 Å². The van der Waals surface area contributed by atoms with Crippen LogP contribution in [0.5, 0.6) is 5.75 Å². The normalized spacial score (nSPS) is 13.3. The van der Waals surface area contributed by atoms with Gasteiger partial charge in [0.15, 0.2) is 5.82 Å². The maximum absolute atomic E-state index is 13.1. The van der Waals surface area contributed by atoms with Crippen molar-refractivity contribution in [2.24, 2.45) is 5.92 Å². The molecule has 3 aromatic heterocycles. The maximum Gasteiger partial charge on any atom is 0.269 e. The number of anilines is 1. The molecule has 3 heterocycles. The molecule has 4 N–H and O–H groups in total. The summed E-state index contributed by atoms with van der Waals surface area (Å²) in [5, 5.41) is 40.5. The molecule has 0 saturated heterocycles.